The lowest BCUT2D eigenvalue weighted by molar-refractivity contribution is -0.121. The molecule has 0 unspecified atom stereocenters. The Morgan fingerprint density at radius 2 is 1.72 bits per heavy atom. The summed E-state index contributed by atoms with van der Waals surface area (Å²) in [6.07, 6.45) is 0. The first-order chi connectivity index (χ1) is 17.4. The number of benzene rings is 3. The third-order valence-electron chi connectivity index (χ3n) is 6.99. The number of nitrogens with zero attached hydrogens (tertiary/aromatic N) is 3. The van der Waals surface area contributed by atoms with Crippen LogP contribution in [0, 0.1) is 17.1 Å². The lowest BCUT2D eigenvalue weighted by atomic mass is 9.69. The Bertz CT molecular complexity index is 1730. The number of nitriles is 1. The minimum atomic E-state index is -1.79. The van der Waals surface area contributed by atoms with Crippen molar-refractivity contribution in [3.8, 4) is 11.8 Å². The summed E-state index contributed by atoms with van der Waals surface area (Å²) in [4.78, 5) is 29.9. The van der Waals surface area contributed by atoms with E-state index in [9.17, 15) is 19.2 Å². The molecule has 6 rings (SSSR count). The van der Waals surface area contributed by atoms with E-state index in [0.29, 0.717) is 27.7 Å². The van der Waals surface area contributed by atoms with Crippen LogP contribution in [0.5, 0.6) is 5.75 Å². The number of halogens is 1. The molecule has 3 aromatic carbocycles. The van der Waals surface area contributed by atoms with Crippen LogP contribution in [-0.4, -0.2) is 10.5 Å². The monoisotopic (exact) mass is 478 g/mol. The predicted molar refractivity (Wildman–Crippen MR) is 131 cm³/mol. The minimum absolute atomic E-state index is 0.0495. The second-order valence-corrected chi connectivity index (χ2v) is 8.82. The molecule has 0 bridgehead atoms. The number of fused-ring (bicyclic) bond motifs is 6. The van der Waals surface area contributed by atoms with Gasteiger partial charge in [0, 0.05) is 23.7 Å². The number of amides is 1. The Kier molecular flexibility index (Phi) is 4.53. The highest BCUT2D eigenvalue weighted by molar-refractivity contribution is 6.14. The van der Waals surface area contributed by atoms with Gasteiger partial charge in [0.05, 0.1) is 17.6 Å². The lowest BCUT2D eigenvalue weighted by Gasteiger charge is -2.34. The van der Waals surface area contributed by atoms with Gasteiger partial charge in [-0.3, -0.25) is 9.59 Å². The molecule has 0 fully saturated rings. The van der Waals surface area contributed by atoms with E-state index in [2.05, 4.69) is 6.07 Å². The molecule has 2 aliphatic rings. The average molecular weight is 478 g/mol. The number of hydrogen-bond acceptors (Lipinski definition) is 5. The highest BCUT2D eigenvalue weighted by atomic mass is 19.1. The molecule has 0 radical (unpaired) electrons. The lowest BCUT2D eigenvalue weighted by Crippen LogP contribution is -2.49. The number of nitrogens with two attached hydrogens (primary N) is 1. The van der Waals surface area contributed by atoms with E-state index in [1.165, 1.54) is 21.6 Å². The second kappa shape index (κ2) is 7.55. The van der Waals surface area contributed by atoms with E-state index in [-0.39, 0.29) is 35.1 Å². The topological polar surface area (TPSA) is 101 Å². The molecular formula is C28H19FN4O3. The van der Waals surface area contributed by atoms with Gasteiger partial charge in [0.25, 0.3) is 5.56 Å². The van der Waals surface area contributed by atoms with Crippen molar-refractivity contribution in [2.75, 3.05) is 4.90 Å². The van der Waals surface area contributed by atoms with Crippen LogP contribution in [0.15, 0.2) is 89.0 Å². The van der Waals surface area contributed by atoms with Gasteiger partial charge in [0.15, 0.2) is 5.41 Å². The number of pyridine rings is 1. The molecule has 7 nitrogen and oxygen atoms in total. The number of carbonyl (C=O) groups is 1. The second-order valence-electron chi connectivity index (χ2n) is 8.82. The van der Waals surface area contributed by atoms with Crippen molar-refractivity contribution in [3.05, 3.63) is 117 Å². The third-order valence-corrected chi connectivity index (χ3v) is 6.99. The fraction of sp³-hybridized carbons (Fsp3) is 0.107. The molecule has 176 valence electrons. The van der Waals surface area contributed by atoms with Crippen molar-refractivity contribution in [3.63, 3.8) is 0 Å². The average Bonchev–Trinajstić information content (AvgIpc) is 3.12. The van der Waals surface area contributed by atoms with Gasteiger partial charge in [-0.2, -0.15) is 5.26 Å². The van der Waals surface area contributed by atoms with E-state index in [4.69, 9.17) is 10.5 Å². The normalized spacial score (nSPS) is 18.2. The molecule has 1 atom stereocenters. The summed E-state index contributed by atoms with van der Waals surface area (Å²) < 4.78 is 20.9. The molecule has 8 heteroatoms. The van der Waals surface area contributed by atoms with E-state index in [1.807, 2.05) is 0 Å². The zero-order valence-electron chi connectivity index (χ0n) is 19.2. The number of aromatic nitrogens is 1. The van der Waals surface area contributed by atoms with Crippen LogP contribution in [0.3, 0.4) is 0 Å². The fourth-order valence-electron chi connectivity index (χ4n) is 5.38. The van der Waals surface area contributed by atoms with Crippen molar-refractivity contribution < 1.29 is 13.9 Å². The van der Waals surface area contributed by atoms with Crippen LogP contribution in [0.2, 0.25) is 0 Å². The molecule has 36 heavy (non-hydrogen) atoms. The molecule has 0 saturated carbocycles. The third kappa shape index (κ3) is 2.65. The first kappa shape index (κ1) is 21.6. The zero-order chi connectivity index (χ0) is 25.2. The van der Waals surface area contributed by atoms with E-state index in [0.717, 1.165) is 0 Å². The van der Waals surface area contributed by atoms with Gasteiger partial charge in [0.2, 0.25) is 11.8 Å². The van der Waals surface area contributed by atoms with Crippen LogP contribution in [0.25, 0.3) is 10.9 Å². The van der Waals surface area contributed by atoms with Gasteiger partial charge in [-0.05, 0) is 35.9 Å². The fourth-order valence-corrected chi connectivity index (χ4v) is 5.38. The predicted octanol–water partition coefficient (Wildman–Crippen LogP) is 3.60. The number of hydrogen-bond donors (Lipinski definition) is 1. The molecule has 0 saturated heterocycles. The van der Waals surface area contributed by atoms with Crippen molar-refractivity contribution in [2.45, 2.75) is 12.0 Å². The zero-order valence-corrected chi connectivity index (χ0v) is 19.2. The Balaban J connectivity index is 1.71. The number of rotatable bonds is 2. The molecule has 3 heterocycles. The summed E-state index contributed by atoms with van der Waals surface area (Å²) >= 11 is 0. The largest absolute Gasteiger partial charge is 0.439 e. The van der Waals surface area contributed by atoms with Crippen molar-refractivity contribution in [2.24, 2.45) is 12.8 Å². The molecule has 2 N–H and O–H groups in total. The standard InChI is InChI=1S/C28H19FN4O3/c1-32-21-8-4-2-6-18(21)24-23(26(32)34)28(20(14-30)25(31)36-24)19-7-3-5-9-22(19)33(27(28)35)15-16-10-12-17(29)13-11-16/h2-13H,15,31H2,1H3/t28-/m1/s1. The minimum Gasteiger partial charge on any atom is -0.439 e. The van der Waals surface area contributed by atoms with E-state index in [1.54, 1.807) is 67.7 Å². The maximum atomic E-state index is 14.5. The van der Waals surface area contributed by atoms with Gasteiger partial charge in [-0.25, -0.2) is 4.39 Å². The highest BCUT2D eigenvalue weighted by Crippen LogP contribution is 2.55. The van der Waals surface area contributed by atoms with Crippen LogP contribution in [0.4, 0.5) is 10.1 Å². The first-order valence-corrected chi connectivity index (χ1v) is 11.3. The van der Waals surface area contributed by atoms with Gasteiger partial charge < -0.3 is 19.9 Å². The number of para-hydroxylation sites is 2. The van der Waals surface area contributed by atoms with Crippen molar-refractivity contribution >= 4 is 22.5 Å². The smallest absolute Gasteiger partial charge is 0.259 e. The SMILES string of the molecule is Cn1c(=O)c2c(c3ccccc31)OC(N)=C(C#N)[C@@]21C(=O)N(Cc2ccc(F)cc2)c2ccccc21. The van der Waals surface area contributed by atoms with Gasteiger partial charge in [-0.1, -0.05) is 42.5 Å². The van der Waals surface area contributed by atoms with Crippen LogP contribution < -0.4 is 20.9 Å². The molecule has 0 aliphatic carbocycles. The summed E-state index contributed by atoms with van der Waals surface area (Å²) in [5.74, 6) is -0.948. The summed E-state index contributed by atoms with van der Waals surface area (Å²) in [6.45, 7) is 0.112. The van der Waals surface area contributed by atoms with Gasteiger partial charge in [0.1, 0.15) is 23.2 Å². The van der Waals surface area contributed by atoms with E-state index >= 15 is 0 Å². The molecule has 1 amide bonds. The Labute approximate surface area is 205 Å². The van der Waals surface area contributed by atoms with Crippen LogP contribution in [-0.2, 0) is 23.8 Å². The molecule has 1 spiro atoms. The quantitative estimate of drug-likeness (QED) is 0.475. The molecular weight excluding hydrogens is 459 g/mol. The number of aryl methyl sites for hydroxylation is 1. The van der Waals surface area contributed by atoms with Gasteiger partial charge >= 0.3 is 0 Å². The Hall–Kier alpha value is -4.90. The number of ether oxygens (including phenoxy) is 1. The van der Waals surface area contributed by atoms with Crippen molar-refractivity contribution in [1.29, 1.82) is 5.26 Å². The summed E-state index contributed by atoms with van der Waals surface area (Å²) in [5, 5.41) is 10.8. The maximum Gasteiger partial charge on any atom is 0.259 e. The summed E-state index contributed by atoms with van der Waals surface area (Å²) in [7, 11) is 1.62. The molecule has 2 aliphatic heterocycles. The number of carbonyl (C=O) groups excluding carboxylic acids is 1. The summed E-state index contributed by atoms with van der Waals surface area (Å²) in [5.41, 5.74) is 6.24. The Morgan fingerprint density at radius 1 is 1.03 bits per heavy atom. The van der Waals surface area contributed by atoms with Crippen molar-refractivity contribution in [1.82, 2.24) is 4.57 Å². The first-order valence-electron chi connectivity index (χ1n) is 11.3. The highest BCUT2D eigenvalue weighted by Gasteiger charge is 2.60. The summed E-state index contributed by atoms with van der Waals surface area (Å²) in [6, 6.07) is 22.1. The Morgan fingerprint density at radius 3 is 2.47 bits per heavy atom. The van der Waals surface area contributed by atoms with Gasteiger partial charge in [-0.15, -0.1) is 0 Å². The number of anilines is 1. The molecule has 4 aromatic rings. The van der Waals surface area contributed by atoms with E-state index < -0.39 is 16.9 Å². The maximum absolute atomic E-state index is 14.5. The van der Waals surface area contributed by atoms with Crippen LogP contribution >= 0.6 is 0 Å². The van der Waals surface area contributed by atoms with Crippen LogP contribution in [0.1, 0.15) is 16.7 Å². The molecule has 1 aromatic heterocycles.